The molecule has 0 aromatic heterocycles. The molecule has 2 nitrogen and oxygen atoms in total. The Morgan fingerprint density at radius 2 is 2.33 bits per heavy atom. The van der Waals surface area contributed by atoms with Crippen molar-refractivity contribution >= 4 is 0 Å². The fourth-order valence-corrected chi connectivity index (χ4v) is 2.94. The third-order valence-electron chi connectivity index (χ3n) is 3.42. The van der Waals surface area contributed by atoms with Crippen molar-refractivity contribution in [2.45, 2.75) is 26.2 Å². The molecule has 3 aliphatic rings. The first kappa shape index (κ1) is 8.07. The zero-order valence-electron chi connectivity index (χ0n) is 7.71. The first-order valence-electron chi connectivity index (χ1n) is 4.87. The van der Waals surface area contributed by atoms with Gasteiger partial charge in [-0.15, -0.1) is 0 Å². The fraction of sp³-hybridized carbons (Fsp3) is 0.900. The highest BCUT2D eigenvalue weighted by molar-refractivity contribution is 5.04. The normalized spacial score (nSPS) is 40.2. The highest BCUT2D eigenvalue weighted by atomic mass is 15.2. The Bertz CT molecular complexity index is 210. The molecule has 1 aliphatic carbocycles. The summed E-state index contributed by atoms with van der Waals surface area (Å²) in [7, 11) is 0. The van der Waals surface area contributed by atoms with E-state index in [1.807, 2.05) is 0 Å². The lowest BCUT2D eigenvalue weighted by atomic mass is 9.57. The maximum Gasteiger partial charge on any atom is 0.0628 e. The fourth-order valence-electron chi connectivity index (χ4n) is 2.94. The number of rotatable bonds is 2. The predicted molar refractivity (Wildman–Crippen MR) is 47.5 cm³/mol. The average molecular weight is 164 g/mol. The van der Waals surface area contributed by atoms with E-state index >= 15 is 0 Å². The van der Waals surface area contributed by atoms with Crippen molar-refractivity contribution in [1.82, 2.24) is 4.90 Å². The Kier molecular flexibility index (Phi) is 1.84. The molecule has 0 aromatic carbocycles. The van der Waals surface area contributed by atoms with Crippen molar-refractivity contribution in [3.8, 4) is 6.07 Å². The smallest absolute Gasteiger partial charge is 0.0628 e. The van der Waals surface area contributed by atoms with Crippen LogP contribution in [0.25, 0.3) is 0 Å². The van der Waals surface area contributed by atoms with Gasteiger partial charge in [-0.2, -0.15) is 5.26 Å². The van der Waals surface area contributed by atoms with Crippen LogP contribution in [0.15, 0.2) is 0 Å². The largest absolute Gasteiger partial charge is 0.303 e. The molecule has 12 heavy (non-hydrogen) atoms. The summed E-state index contributed by atoms with van der Waals surface area (Å²) < 4.78 is 0. The van der Waals surface area contributed by atoms with Crippen LogP contribution in [0.5, 0.6) is 0 Å². The molecule has 0 spiro atoms. The molecule has 0 aromatic rings. The second-order valence-corrected chi connectivity index (χ2v) is 4.44. The number of hydrogen-bond donors (Lipinski definition) is 0. The molecule has 0 amide bonds. The van der Waals surface area contributed by atoms with Gasteiger partial charge >= 0.3 is 0 Å². The number of hydrogen-bond acceptors (Lipinski definition) is 2. The Balaban J connectivity index is 1.99. The van der Waals surface area contributed by atoms with Crippen molar-refractivity contribution in [2.24, 2.45) is 11.3 Å². The van der Waals surface area contributed by atoms with E-state index in [4.69, 9.17) is 5.26 Å². The monoisotopic (exact) mass is 164 g/mol. The van der Waals surface area contributed by atoms with E-state index in [0.29, 0.717) is 5.41 Å². The highest BCUT2D eigenvalue weighted by Crippen LogP contribution is 2.52. The summed E-state index contributed by atoms with van der Waals surface area (Å²) in [5.41, 5.74) is 0.410. The molecule has 0 atom stereocenters. The summed E-state index contributed by atoms with van der Waals surface area (Å²) in [4.78, 5) is 2.50. The van der Waals surface area contributed by atoms with Crippen LogP contribution < -0.4 is 0 Å². The van der Waals surface area contributed by atoms with Gasteiger partial charge in [-0.25, -0.2) is 0 Å². The van der Waals surface area contributed by atoms with Gasteiger partial charge in [-0.05, 0) is 30.7 Å². The third-order valence-corrected chi connectivity index (χ3v) is 3.42. The average Bonchev–Trinajstić information content (AvgIpc) is 2.03. The van der Waals surface area contributed by atoms with Crippen LogP contribution in [0.4, 0.5) is 0 Å². The second kappa shape index (κ2) is 2.74. The van der Waals surface area contributed by atoms with E-state index < -0.39 is 0 Å². The Hall–Kier alpha value is -0.550. The Morgan fingerprint density at radius 1 is 1.58 bits per heavy atom. The first-order chi connectivity index (χ1) is 5.78. The number of piperidine rings is 2. The third kappa shape index (κ3) is 1.13. The summed E-state index contributed by atoms with van der Waals surface area (Å²) in [6.45, 7) is 5.83. The SMILES string of the molecule is CCN1C[C@H]2C[C@@](CC#N)(C1)C2. The summed E-state index contributed by atoms with van der Waals surface area (Å²) in [6.07, 6.45) is 3.41. The van der Waals surface area contributed by atoms with Crippen LogP contribution >= 0.6 is 0 Å². The van der Waals surface area contributed by atoms with Crippen molar-refractivity contribution in [1.29, 1.82) is 5.26 Å². The van der Waals surface area contributed by atoms with E-state index in [0.717, 1.165) is 18.9 Å². The van der Waals surface area contributed by atoms with Gasteiger partial charge < -0.3 is 4.90 Å². The van der Waals surface area contributed by atoms with Gasteiger partial charge in [0.1, 0.15) is 0 Å². The van der Waals surface area contributed by atoms with E-state index in [2.05, 4.69) is 17.9 Å². The van der Waals surface area contributed by atoms with Crippen LogP contribution in [0.2, 0.25) is 0 Å². The van der Waals surface area contributed by atoms with Crippen molar-refractivity contribution < 1.29 is 0 Å². The van der Waals surface area contributed by atoms with Crippen LogP contribution in [0, 0.1) is 22.7 Å². The summed E-state index contributed by atoms with van der Waals surface area (Å²) in [6, 6.07) is 2.33. The molecular weight excluding hydrogens is 148 g/mol. The quantitative estimate of drug-likeness (QED) is 0.620. The molecule has 3 rings (SSSR count). The summed E-state index contributed by atoms with van der Waals surface area (Å²) in [5, 5.41) is 8.70. The van der Waals surface area contributed by atoms with Gasteiger partial charge in [-0.3, -0.25) is 0 Å². The lowest BCUT2D eigenvalue weighted by Gasteiger charge is -2.55. The van der Waals surface area contributed by atoms with Gasteiger partial charge in [0.15, 0.2) is 0 Å². The van der Waals surface area contributed by atoms with Gasteiger partial charge in [0.2, 0.25) is 0 Å². The summed E-state index contributed by atoms with van der Waals surface area (Å²) >= 11 is 0. The molecule has 0 radical (unpaired) electrons. The van der Waals surface area contributed by atoms with Crippen molar-refractivity contribution in [2.75, 3.05) is 19.6 Å². The standard InChI is InChI=1S/C10H16N2/c1-2-12-7-9-5-10(6-9,8-12)3-4-11/h9H,2-3,5-8H2,1H3/t9-,10+. The van der Waals surface area contributed by atoms with E-state index in [9.17, 15) is 0 Å². The van der Waals surface area contributed by atoms with Crippen molar-refractivity contribution in [3.63, 3.8) is 0 Å². The Labute approximate surface area is 74.2 Å². The van der Waals surface area contributed by atoms with E-state index in [1.165, 1.54) is 25.9 Å². The minimum atomic E-state index is 0.410. The Morgan fingerprint density at radius 3 is 2.92 bits per heavy atom. The van der Waals surface area contributed by atoms with Crippen molar-refractivity contribution in [3.05, 3.63) is 0 Å². The molecular formula is C10H16N2. The maximum absolute atomic E-state index is 8.70. The molecule has 2 bridgehead atoms. The zero-order chi connectivity index (χ0) is 8.60. The molecule has 2 saturated heterocycles. The van der Waals surface area contributed by atoms with Gasteiger partial charge in [0.25, 0.3) is 0 Å². The highest BCUT2D eigenvalue weighted by Gasteiger charge is 2.49. The number of fused-ring (bicyclic) bond motifs is 2. The molecule has 3 fully saturated rings. The first-order valence-corrected chi connectivity index (χ1v) is 4.87. The molecule has 66 valence electrons. The second-order valence-electron chi connectivity index (χ2n) is 4.44. The topological polar surface area (TPSA) is 27.0 Å². The van der Waals surface area contributed by atoms with Crippen LogP contribution in [0.1, 0.15) is 26.2 Å². The lowest BCUT2D eigenvalue weighted by Crippen LogP contribution is -2.56. The van der Waals surface area contributed by atoms with Crippen LogP contribution in [-0.2, 0) is 0 Å². The van der Waals surface area contributed by atoms with E-state index in [-0.39, 0.29) is 0 Å². The summed E-state index contributed by atoms with van der Waals surface area (Å²) in [5.74, 6) is 0.909. The molecule has 0 N–H and O–H groups in total. The molecule has 0 unspecified atom stereocenters. The minimum absolute atomic E-state index is 0.410. The van der Waals surface area contributed by atoms with Crippen LogP contribution in [0.3, 0.4) is 0 Å². The van der Waals surface area contributed by atoms with Gasteiger partial charge in [0.05, 0.1) is 6.07 Å². The molecule has 2 aliphatic heterocycles. The number of nitrogens with zero attached hydrogens (tertiary/aromatic N) is 2. The molecule has 1 saturated carbocycles. The molecule has 2 heteroatoms. The number of nitriles is 1. The van der Waals surface area contributed by atoms with E-state index in [1.54, 1.807) is 0 Å². The zero-order valence-corrected chi connectivity index (χ0v) is 7.71. The predicted octanol–water partition coefficient (Wildman–Crippen LogP) is 1.63. The lowest BCUT2D eigenvalue weighted by molar-refractivity contribution is -0.0553. The van der Waals surface area contributed by atoms with Gasteiger partial charge in [0, 0.05) is 19.5 Å². The van der Waals surface area contributed by atoms with Gasteiger partial charge in [-0.1, -0.05) is 6.92 Å². The van der Waals surface area contributed by atoms with Crippen LogP contribution in [-0.4, -0.2) is 24.5 Å². The maximum atomic E-state index is 8.70. The molecule has 2 heterocycles. The minimum Gasteiger partial charge on any atom is -0.303 e.